The van der Waals surface area contributed by atoms with Crippen molar-refractivity contribution >= 4 is 34.8 Å². The lowest BCUT2D eigenvalue weighted by Crippen LogP contribution is -2.62. The normalized spacial score (nSPS) is 28.8. The number of hydrogen-bond acceptors (Lipinski definition) is 10. The van der Waals surface area contributed by atoms with Crippen molar-refractivity contribution in [3.63, 3.8) is 0 Å². The molecule has 0 aromatic heterocycles. The first-order valence-electron chi connectivity index (χ1n) is 7.49. The van der Waals surface area contributed by atoms with Crippen LogP contribution in [0.3, 0.4) is 0 Å². The number of esters is 3. The molecule has 25 heavy (non-hydrogen) atoms. The molecule has 9 nitrogen and oxygen atoms in total. The van der Waals surface area contributed by atoms with Crippen LogP contribution in [0, 0.1) is 0 Å². The van der Waals surface area contributed by atoms with E-state index in [0.29, 0.717) is 0 Å². The Morgan fingerprint density at radius 2 is 1.32 bits per heavy atom. The van der Waals surface area contributed by atoms with E-state index in [1.54, 1.807) is 0 Å². The molecule has 0 aromatic carbocycles. The van der Waals surface area contributed by atoms with Gasteiger partial charge in [0.2, 0.25) is 0 Å². The first-order valence-corrected chi connectivity index (χ1v) is 8.47. The topological polar surface area (TPSA) is 114 Å². The van der Waals surface area contributed by atoms with E-state index in [0.717, 1.165) is 11.8 Å². The molecule has 1 heterocycles. The van der Waals surface area contributed by atoms with Crippen molar-refractivity contribution in [3.05, 3.63) is 0 Å². The van der Waals surface area contributed by atoms with Crippen LogP contribution in [-0.2, 0) is 42.9 Å². The van der Waals surface area contributed by atoms with Crippen LogP contribution in [0.15, 0.2) is 0 Å². The molecular formula is C15H22O9S. The number of rotatable bonds is 6. The highest BCUT2D eigenvalue weighted by atomic mass is 32.2. The summed E-state index contributed by atoms with van der Waals surface area (Å²) in [6.45, 7) is 4.92. The Balaban J connectivity index is 3.18. The Hall–Kier alpha value is -1.65. The molecule has 1 rings (SSSR count). The van der Waals surface area contributed by atoms with Crippen LogP contribution in [0.2, 0.25) is 0 Å². The summed E-state index contributed by atoms with van der Waals surface area (Å²) in [5.74, 6) is -1.81. The van der Waals surface area contributed by atoms with Gasteiger partial charge in [0, 0.05) is 40.6 Å². The molecule has 0 aliphatic carbocycles. The van der Waals surface area contributed by atoms with Gasteiger partial charge >= 0.3 is 17.9 Å². The molecule has 0 bridgehead atoms. The third-order valence-electron chi connectivity index (χ3n) is 3.18. The van der Waals surface area contributed by atoms with Gasteiger partial charge < -0.3 is 23.7 Å². The number of ether oxygens (including phenoxy) is 5. The Bertz CT molecular complexity index is 521. The fraction of sp³-hybridized carbons (Fsp3) is 0.733. The summed E-state index contributed by atoms with van der Waals surface area (Å²) in [6.07, 6.45) is -5.20. The molecule has 5 atom stereocenters. The van der Waals surface area contributed by atoms with Gasteiger partial charge in [-0.2, -0.15) is 0 Å². The molecule has 1 aliphatic rings. The number of hydrogen-bond donors (Lipinski definition) is 0. The zero-order valence-corrected chi connectivity index (χ0v) is 15.5. The van der Waals surface area contributed by atoms with Crippen molar-refractivity contribution in [1.29, 1.82) is 0 Å². The molecule has 1 aliphatic heterocycles. The van der Waals surface area contributed by atoms with Crippen LogP contribution in [0.5, 0.6) is 0 Å². The van der Waals surface area contributed by atoms with Crippen molar-refractivity contribution in [2.24, 2.45) is 0 Å². The third-order valence-corrected chi connectivity index (χ3v) is 4.08. The van der Waals surface area contributed by atoms with Gasteiger partial charge in [-0.05, 0) is 0 Å². The molecule has 0 radical (unpaired) electrons. The molecule has 10 heteroatoms. The highest BCUT2D eigenvalue weighted by molar-refractivity contribution is 8.13. The standard InChI is InChI=1S/C15H22O9S/c1-7(16)21-12-11(6-25-10(4)19)24-15(20-5)14(23-9(3)18)13(12)22-8(2)17/h11-15H,6H2,1-5H3/t11-,12-,13+,14-,15+/m1/s1. The highest BCUT2D eigenvalue weighted by Crippen LogP contribution is 2.30. The van der Waals surface area contributed by atoms with Crippen LogP contribution < -0.4 is 0 Å². The van der Waals surface area contributed by atoms with Crippen molar-refractivity contribution < 1.29 is 42.9 Å². The highest BCUT2D eigenvalue weighted by Gasteiger charge is 2.52. The lowest BCUT2D eigenvalue weighted by Gasteiger charge is -2.43. The summed E-state index contributed by atoms with van der Waals surface area (Å²) in [5, 5.41) is -0.162. The predicted octanol–water partition coefficient (Wildman–Crippen LogP) is 0.432. The summed E-state index contributed by atoms with van der Waals surface area (Å²) < 4.78 is 26.5. The average molecular weight is 378 g/mol. The molecule has 0 amide bonds. The summed E-state index contributed by atoms with van der Waals surface area (Å²) in [7, 11) is 1.33. The zero-order chi connectivity index (χ0) is 19.1. The summed E-state index contributed by atoms with van der Waals surface area (Å²) in [6, 6.07) is 0. The molecular weight excluding hydrogens is 356 g/mol. The molecule has 1 fully saturated rings. The number of carbonyl (C=O) groups excluding carboxylic acids is 4. The van der Waals surface area contributed by atoms with E-state index in [1.165, 1.54) is 34.8 Å². The molecule has 0 spiro atoms. The second-order valence-electron chi connectivity index (χ2n) is 5.30. The lowest BCUT2D eigenvalue weighted by atomic mass is 9.98. The minimum Gasteiger partial charge on any atom is -0.456 e. The largest absolute Gasteiger partial charge is 0.456 e. The van der Waals surface area contributed by atoms with Crippen LogP contribution in [0.25, 0.3) is 0 Å². The minimum atomic E-state index is -1.14. The Morgan fingerprint density at radius 3 is 1.76 bits per heavy atom. The molecule has 0 N–H and O–H groups in total. The van der Waals surface area contributed by atoms with Gasteiger partial charge in [0.1, 0.15) is 6.10 Å². The Labute approximate surface area is 149 Å². The first-order chi connectivity index (χ1) is 11.6. The molecule has 0 unspecified atom stereocenters. The van der Waals surface area contributed by atoms with Gasteiger partial charge in [0.25, 0.3) is 0 Å². The van der Waals surface area contributed by atoms with Gasteiger partial charge in [-0.3, -0.25) is 19.2 Å². The van der Waals surface area contributed by atoms with E-state index in [1.807, 2.05) is 0 Å². The second-order valence-corrected chi connectivity index (χ2v) is 6.50. The summed E-state index contributed by atoms with van der Waals surface area (Å²) in [5.41, 5.74) is 0. The van der Waals surface area contributed by atoms with E-state index in [2.05, 4.69) is 0 Å². The number of carbonyl (C=O) groups is 4. The quantitative estimate of drug-likeness (QED) is 0.476. The van der Waals surface area contributed by atoms with Gasteiger partial charge in [0.15, 0.2) is 29.7 Å². The summed E-state index contributed by atoms with van der Waals surface area (Å²) >= 11 is 0.958. The predicted molar refractivity (Wildman–Crippen MR) is 85.5 cm³/mol. The zero-order valence-electron chi connectivity index (χ0n) is 14.7. The van der Waals surface area contributed by atoms with Crippen LogP contribution in [0.4, 0.5) is 0 Å². The van der Waals surface area contributed by atoms with E-state index >= 15 is 0 Å². The lowest BCUT2D eigenvalue weighted by molar-refractivity contribution is -0.293. The summed E-state index contributed by atoms with van der Waals surface area (Å²) in [4.78, 5) is 45.6. The maximum Gasteiger partial charge on any atom is 0.303 e. The molecule has 142 valence electrons. The van der Waals surface area contributed by atoms with E-state index < -0.39 is 48.6 Å². The van der Waals surface area contributed by atoms with Gasteiger partial charge in [-0.25, -0.2) is 0 Å². The molecule has 0 saturated carbocycles. The Kier molecular flexibility index (Phi) is 8.33. The van der Waals surface area contributed by atoms with Crippen LogP contribution in [-0.4, -0.2) is 66.6 Å². The van der Waals surface area contributed by atoms with E-state index in [9.17, 15) is 19.2 Å². The van der Waals surface area contributed by atoms with Crippen molar-refractivity contribution in [2.75, 3.05) is 12.9 Å². The average Bonchev–Trinajstić information content (AvgIpc) is 2.48. The van der Waals surface area contributed by atoms with Crippen molar-refractivity contribution in [3.8, 4) is 0 Å². The minimum absolute atomic E-state index is 0.137. The van der Waals surface area contributed by atoms with Crippen LogP contribution in [0.1, 0.15) is 27.7 Å². The fourth-order valence-corrected chi connectivity index (χ4v) is 3.05. The molecule has 0 aromatic rings. The third kappa shape index (κ3) is 6.63. The van der Waals surface area contributed by atoms with Crippen LogP contribution >= 0.6 is 11.8 Å². The van der Waals surface area contributed by atoms with E-state index in [-0.39, 0.29) is 10.9 Å². The van der Waals surface area contributed by atoms with E-state index in [4.69, 9.17) is 23.7 Å². The molecule has 1 saturated heterocycles. The van der Waals surface area contributed by atoms with Gasteiger partial charge in [0.05, 0.1) is 0 Å². The number of thioether (sulfide) groups is 1. The van der Waals surface area contributed by atoms with Gasteiger partial charge in [-0.1, -0.05) is 11.8 Å². The van der Waals surface area contributed by atoms with Gasteiger partial charge in [-0.15, -0.1) is 0 Å². The Morgan fingerprint density at radius 1 is 0.840 bits per heavy atom. The van der Waals surface area contributed by atoms with Crippen molar-refractivity contribution in [1.82, 2.24) is 0 Å². The number of methoxy groups -OCH3 is 1. The second kappa shape index (κ2) is 9.73. The smallest absolute Gasteiger partial charge is 0.303 e. The maximum absolute atomic E-state index is 11.5. The monoisotopic (exact) mass is 378 g/mol. The maximum atomic E-state index is 11.5. The SMILES string of the molecule is CO[C@H]1O[C@H](CSC(C)=O)[C@@H](OC(C)=O)[C@H](OC(C)=O)[C@H]1OC(C)=O. The van der Waals surface area contributed by atoms with Crippen molar-refractivity contribution in [2.45, 2.75) is 58.4 Å². The fourth-order valence-electron chi connectivity index (χ4n) is 2.38. The first kappa shape index (κ1) is 21.4.